The highest BCUT2D eigenvalue weighted by Crippen LogP contribution is 2.00. The number of carbonyl (C=O) groups is 3. The molecule has 0 aliphatic heterocycles. The van der Waals surface area contributed by atoms with Gasteiger partial charge in [0.05, 0.1) is 0 Å². The van der Waals surface area contributed by atoms with Crippen LogP contribution in [-0.4, -0.2) is 47.0 Å². The first kappa shape index (κ1) is 16.7. The lowest BCUT2D eigenvalue weighted by Crippen LogP contribution is -2.48. The van der Waals surface area contributed by atoms with Crippen LogP contribution in [0.15, 0.2) is 25.3 Å². The average molecular weight is 269 g/mol. The molecule has 0 aromatic heterocycles. The first-order chi connectivity index (χ1) is 8.92. The topological polar surface area (TPSA) is 113 Å². The standard InChI is InChI=1S/C12H19N3O4/c1-3-7-15(8-4-2)12(19)14-9(11(17)18)5-6-10(13)16/h3-4,9H,1-2,5-8H2,(H2,13,16)(H,14,19)(H,17,18)/t9-/m1/s1. The first-order valence-electron chi connectivity index (χ1n) is 5.70. The molecule has 0 saturated carbocycles. The molecule has 0 saturated heterocycles. The first-order valence-corrected chi connectivity index (χ1v) is 5.70. The second-order valence-corrected chi connectivity index (χ2v) is 3.83. The van der Waals surface area contributed by atoms with Crippen molar-refractivity contribution in [1.82, 2.24) is 10.2 Å². The number of amides is 3. The normalized spacial score (nSPS) is 11.2. The van der Waals surface area contributed by atoms with Crippen molar-refractivity contribution in [3.8, 4) is 0 Å². The van der Waals surface area contributed by atoms with E-state index in [-0.39, 0.29) is 25.9 Å². The average Bonchev–Trinajstić information content (AvgIpc) is 2.33. The number of nitrogens with one attached hydrogen (secondary N) is 1. The van der Waals surface area contributed by atoms with Gasteiger partial charge >= 0.3 is 12.0 Å². The fourth-order valence-corrected chi connectivity index (χ4v) is 1.34. The smallest absolute Gasteiger partial charge is 0.326 e. The van der Waals surface area contributed by atoms with Crippen LogP contribution in [0.2, 0.25) is 0 Å². The summed E-state index contributed by atoms with van der Waals surface area (Å²) in [5, 5.41) is 11.3. The van der Waals surface area contributed by atoms with Crippen LogP contribution >= 0.6 is 0 Å². The van der Waals surface area contributed by atoms with Crippen molar-refractivity contribution in [3.05, 3.63) is 25.3 Å². The van der Waals surface area contributed by atoms with E-state index in [1.807, 2.05) is 0 Å². The molecule has 7 nitrogen and oxygen atoms in total. The summed E-state index contributed by atoms with van der Waals surface area (Å²) in [4.78, 5) is 34.7. The second kappa shape index (κ2) is 8.73. The molecule has 7 heteroatoms. The van der Waals surface area contributed by atoms with Crippen LogP contribution in [0.1, 0.15) is 12.8 Å². The number of carboxylic acid groups (broad SMARTS) is 1. The van der Waals surface area contributed by atoms with Gasteiger partial charge in [-0.15, -0.1) is 13.2 Å². The number of hydrogen-bond donors (Lipinski definition) is 3. The van der Waals surface area contributed by atoms with Crippen molar-refractivity contribution in [2.75, 3.05) is 13.1 Å². The summed E-state index contributed by atoms with van der Waals surface area (Å²) in [6.07, 6.45) is 2.87. The second-order valence-electron chi connectivity index (χ2n) is 3.83. The number of carboxylic acids is 1. The summed E-state index contributed by atoms with van der Waals surface area (Å²) in [6, 6.07) is -1.71. The zero-order valence-electron chi connectivity index (χ0n) is 10.7. The van der Waals surface area contributed by atoms with E-state index in [0.29, 0.717) is 0 Å². The van der Waals surface area contributed by atoms with E-state index >= 15 is 0 Å². The number of nitrogens with two attached hydrogens (primary N) is 1. The lowest BCUT2D eigenvalue weighted by molar-refractivity contribution is -0.139. The molecular weight excluding hydrogens is 250 g/mol. The molecule has 0 rings (SSSR count). The minimum absolute atomic E-state index is 0.0492. The molecule has 0 heterocycles. The molecule has 0 aromatic rings. The molecule has 19 heavy (non-hydrogen) atoms. The Morgan fingerprint density at radius 1 is 1.26 bits per heavy atom. The van der Waals surface area contributed by atoms with E-state index in [2.05, 4.69) is 18.5 Å². The maximum absolute atomic E-state index is 11.8. The Hall–Kier alpha value is -2.31. The van der Waals surface area contributed by atoms with Gasteiger partial charge in [0.2, 0.25) is 5.91 Å². The summed E-state index contributed by atoms with van der Waals surface area (Å²) in [7, 11) is 0. The molecule has 0 aromatic carbocycles. The summed E-state index contributed by atoms with van der Waals surface area (Å²) >= 11 is 0. The number of primary amides is 1. The highest BCUT2D eigenvalue weighted by atomic mass is 16.4. The van der Waals surface area contributed by atoms with E-state index in [4.69, 9.17) is 10.8 Å². The third-order valence-corrected chi connectivity index (χ3v) is 2.26. The zero-order valence-corrected chi connectivity index (χ0v) is 10.7. The Bertz CT molecular complexity index is 358. The predicted octanol–water partition coefficient (Wildman–Crippen LogP) is 0.0887. The lowest BCUT2D eigenvalue weighted by Gasteiger charge is -2.22. The SMILES string of the molecule is C=CCN(CC=C)C(=O)N[C@H](CCC(N)=O)C(=O)O. The number of hydrogen-bond acceptors (Lipinski definition) is 3. The van der Waals surface area contributed by atoms with Gasteiger partial charge in [0, 0.05) is 19.5 Å². The van der Waals surface area contributed by atoms with Gasteiger partial charge in [-0.3, -0.25) is 4.79 Å². The zero-order chi connectivity index (χ0) is 14.8. The van der Waals surface area contributed by atoms with Gasteiger partial charge in [0.1, 0.15) is 6.04 Å². The molecule has 0 fully saturated rings. The van der Waals surface area contributed by atoms with Gasteiger partial charge in [0.15, 0.2) is 0 Å². The number of carbonyl (C=O) groups excluding carboxylic acids is 2. The molecule has 0 radical (unpaired) electrons. The molecule has 0 bridgehead atoms. The van der Waals surface area contributed by atoms with Crippen molar-refractivity contribution in [2.24, 2.45) is 5.73 Å². The van der Waals surface area contributed by atoms with E-state index in [1.54, 1.807) is 0 Å². The number of nitrogens with zero attached hydrogens (tertiary/aromatic N) is 1. The maximum Gasteiger partial charge on any atom is 0.326 e. The molecule has 0 aliphatic carbocycles. The monoisotopic (exact) mass is 269 g/mol. The van der Waals surface area contributed by atoms with Crippen molar-refractivity contribution in [3.63, 3.8) is 0 Å². The van der Waals surface area contributed by atoms with E-state index in [1.165, 1.54) is 17.1 Å². The highest BCUT2D eigenvalue weighted by molar-refractivity contribution is 5.83. The Balaban J connectivity index is 4.58. The maximum atomic E-state index is 11.8. The minimum Gasteiger partial charge on any atom is -0.480 e. The molecule has 4 N–H and O–H groups in total. The molecule has 3 amide bonds. The third-order valence-electron chi connectivity index (χ3n) is 2.26. The van der Waals surface area contributed by atoms with Crippen LogP contribution in [0.3, 0.4) is 0 Å². The van der Waals surface area contributed by atoms with Crippen LogP contribution in [0, 0.1) is 0 Å². The summed E-state index contributed by atoms with van der Waals surface area (Å²) < 4.78 is 0. The van der Waals surface area contributed by atoms with Crippen molar-refractivity contribution in [1.29, 1.82) is 0 Å². The third kappa shape index (κ3) is 6.87. The molecule has 0 spiro atoms. The largest absolute Gasteiger partial charge is 0.480 e. The summed E-state index contributed by atoms with van der Waals surface area (Å²) in [5.74, 6) is -1.83. The van der Waals surface area contributed by atoms with Gasteiger partial charge in [-0.05, 0) is 6.42 Å². The predicted molar refractivity (Wildman–Crippen MR) is 70.4 cm³/mol. The number of rotatable bonds is 9. The van der Waals surface area contributed by atoms with Crippen LogP contribution in [0.25, 0.3) is 0 Å². The summed E-state index contributed by atoms with van der Waals surface area (Å²) in [6.45, 7) is 7.54. The molecule has 1 atom stereocenters. The van der Waals surface area contributed by atoms with Crippen LogP contribution in [-0.2, 0) is 9.59 Å². The fraction of sp³-hybridized carbons (Fsp3) is 0.417. The number of aliphatic carboxylic acids is 1. The van der Waals surface area contributed by atoms with Gasteiger partial charge in [-0.25, -0.2) is 9.59 Å². The quantitative estimate of drug-likeness (QED) is 0.515. The van der Waals surface area contributed by atoms with E-state index < -0.39 is 23.9 Å². The van der Waals surface area contributed by atoms with E-state index in [9.17, 15) is 14.4 Å². The van der Waals surface area contributed by atoms with Crippen molar-refractivity contribution >= 4 is 17.9 Å². The molecular formula is C12H19N3O4. The van der Waals surface area contributed by atoms with E-state index in [0.717, 1.165) is 0 Å². The Labute approximate surface area is 111 Å². The Kier molecular flexibility index (Phi) is 7.67. The summed E-state index contributed by atoms with van der Waals surface area (Å²) in [5.41, 5.74) is 4.95. The van der Waals surface area contributed by atoms with Crippen molar-refractivity contribution < 1.29 is 19.5 Å². The van der Waals surface area contributed by atoms with Gasteiger partial charge < -0.3 is 21.1 Å². The number of urea groups is 1. The molecule has 106 valence electrons. The fourth-order valence-electron chi connectivity index (χ4n) is 1.34. The minimum atomic E-state index is -1.22. The van der Waals surface area contributed by atoms with Crippen LogP contribution in [0.5, 0.6) is 0 Å². The highest BCUT2D eigenvalue weighted by Gasteiger charge is 2.22. The Morgan fingerprint density at radius 3 is 2.16 bits per heavy atom. The Morgan fingerprint density at radius 2 is 1.79 bits per heavy atom. The van der Waals surface area contributed by atoms with Crippen LogP contribution in [0.4, 0.5) is 4.79 Å². The molecule has 0 aliphatic rings. The van der Waals surface area contributed by atoms with Crippen molar-refractivity contribution in [2.45, 2.75) is 18.9 Å². The van der Waals surface area contributed by atoms with Gasteiger partial charge in [-0.1, -0.05) is 12.2 Å². The van der Waals surface area contributed by atoms with Crippen LogP contribution < -0.4 is 11.1 Å². The van der Waals surface area contributed by atoms with Gasteiger partial charge in [0.25, 0.3) is 0 Å². The molecule has 0 unspecified atom stereocenters. The lowest BCUT2D eigenvalue weighted by atomic mass is 10.1. The van der Waals surface area contributed by atoms with Gasteiger partial charge in [-0.2, -0.15) is 0 Å².